The van der Waals surface area contributed by atoms with Gasteiger partial charge >= 0.3 is 0 Å². The third kappa shape index (κ3) is 3.46. The maximum absolute atomic E-state index is 10.2. The molecule has 2 unspecified atom stereocenters. The summed E-state index contributed by atoms with van der Waals surface area (Å²) < 4.78 is 5.84. The molecule has 0 spiro atoms. The van der Waals surface area contributed by atoms with Gasteiger partial charge in [-0.2, -0.15) is 11.3 Å². The van der Waals surface area contributed by atoms with Gasteiger partial charge in [-0.05, 0) is 53.8 Å². The monoisotopic (exact) mass is 303 g/mol. The minimum Gasteiger partial charge on any atom is -0.493 e. The minimum absolute atomic E-state index is 0.247. The highest BCUT2D eigenvalue weighted by molar-refractivity contribution is 7.07. The number of ether oxygens (including phenoxy) is 1. The van der Waals surface area contributed by atoms with Gasteiger partial charge in [0.25, 0.3) is 0 Å². The average molecular weight is 303 g/mol. The second kappa shape index (κ2) is 6.60. The number of rotatable bonds is 4. The van der Waals surface area contributed by atoms with E-state index in [2.05, 4.69) is 30.4 Å². The lowest BCUT2D eigenvalue weighted by atomic mass is 10.00. The highest BCUT2D eigenvalue weighted by Gasteiger charge is 2.20. The fourth-order valence-corrected chi connectivity index (χ4v) is 3.43. The van der Waals surface area contributed by atoms with Crippen LogP contribution in [0.1, 0.15) is 41.7 Å². The molecule has 3 nitrogen and oxygen atoms in total. The van der Waals surface area contributed by atoms with Crippen LogP contribution in [-0.4, -0.2) is 18.3 Å². The normalized spacial score (nSPS) is 19.4. The molecular weight excluding hydrogens is 282 g/mol. The van der Waals surface area contributed by atoms with Crippen LogP contribution in [0.5, 0.6) is 5.75 Å². The first kappa shape index (κ1) is 14.6. The molecule has 0 radical (unpaired) electrons. The van der Waals surface area contributed by atoms with Crippen LogP contribution >= 0.6 is 11.3 Å². The standard InChI is InChI=1S/C17H21NO2S/c1-12-4-5-14-15(3-2-7-20-17(14)9-12)18-10-16(19)13-6-8-21-11-13/h4-6,8-9,11,15-16,18-19H,2-3,7,10H2,1H3. The van der Waals surface area contributed by atoms with Crippen molar-refractivity contribution in [3.05, 3.63) is 51.7 Å². The van der Waals surface area contributed by atoms with Gasteiger partial charge in [0.05, 0.1) is 12.7 Å². The first-order valence-corrected chi connectivity index (χ1v) is 8.35. The quantitative estimate of drug-likeness (QED) is 0.907. The van der Waals surface area contributed by atoms with E-state index in [1.54, 1.807) is 11.3 Å². The second-order valence-corrected chi connectivity index (χ2v) is 6.35. The molecule has 1 aromatic carbocycles. The van der Waals surface area contributed by atoms with Gasteiger partial charge in [0.15, 0.2) is 0 Å². The minimum atomic E-state index is -0.450. The molecule has 4 heteroatoms. The van der Waals surface area contributed by atoms with Gasteiger partial charge in [-0.3, -0.25) is 0 Å². The Kier molecular flexibility index (Phi) is 4.58. The number of hydrogen-bond donors (Lipinski definition) is 2. The number of nitrogens with one attached hydrogen (secondary N) is 1. The fraction of sp³-hybridized carbons (Fsp3) is 0.412. The number of benzene rings is 1. The number of aliphatic hydroxyl groups is 1. The molecule has 2 N–H and O–H groups in total. The third-order valence-corrected chi connectivity index (χ3v) is 4.63. The molecule has 2 aromatic rings. The molecule has 2 heterocycles. The van der Waals surface area contributed by atoms with Crippen molar-refractivity contribution >= 4 is 11.3 Å². The van der Waals surface area contributed by atoms with Gasteiger partial charge in [-0.15, -0.1) is 0 Å². The topological polar surface area (TPSA) is 41.5 Å². The van der Waals surface area contributed by atoms with Gasteiger partial charge in [-0.1, -0.05) is 12.1 Å². The van der Waals surface area contributed by atoms with E-state index in [9.17, 15) is 5.11 Å². The van der Waals surface area contributed by atoms with E-state index in [1.165, 1.54) is 11.1 Å². The Morgan fingerprint density at radius 1 is 1.43 bits per heavy atom. The van der Waals surface area contributed by atoms with Crippen molar-refractivity contribution in [3.8, 4) is 5.75 Å². The van der Waals surface area contributed by atoms with Crippen molar-refractivity contribution in [2.24, 2.45) is 0 Å². The smallest absolute Gasteiger partial charge is 0.124 e. The van der Waals surface area contributed by atoms with Crippen LogP contribution < -0.4 is 10.1 Å². The Morgan fingerprint density at radius 2 is 2.33 bits per heavy atom. The van der Waals surface area contributed by atoms with Crippen LogP contribution in [0, 0.1) is 6.92 Å². The van der Waals surface area contributed by atoms with E-state index in [-0.39, 0.29) is 6.04 Å². The summed E-state index contributed by atoms with van der Waals surface area (Å²) in [7, 11) is 0. The largest absolute Gasteiger partial charge is 0.493 e. The van der Waals surface area contributed by atoms with Crippen LogP contribution in [0.2, 0.25) is 0 Å². The molecule has 0 saturated heterocycles. The van der Waals surface area contributed by atoms with Crippen molar-refractivity contribution in [1.29, 1.82) is 0 Å². The Bertz CT molecular complexity index is 582. The lowest BCUT2D eigenvalue weighted by molar-refractivity contribution is 0.169. The summed E-state index contributed by atoms with van der Waals surface area (Å²) in [5.41, 5.74) is 3.41. The van der Waals surface area contributed by atoms with Crippen molar-refractivity contribution in [1.82, 2.24) is 5.32 Å². The molecule has 0 saturated carbocycles. The molecule has 1 aromatic heterocycles. The van der Waals surface area contributed by atoms with E-state index in [4.69, 9.17) is 4.74 Å². The van der Waals surface area contributed by atoms with Crippen molar-refractivity contribution in [3.63, 3.8) is 0 Å². The van der Waals surface area contributed by atoms with Gasteiger partial charge in [0, 0.05) is 18.2 Å². The van der Waals surface area contributed by atoms with Crippen LogP contribution in [0.15, 0.2) is 35.0 Å². The van der Waals surface area contributed by atoms with Crippen molar-refractivity contribution in [2.75, 3.05) is 13.2 Å². The molecular formula is C17H21NO2S. The van der Waals surface area contributed by atoms with Gasteiger partial charge in [-0.25, -0.2) is 0 Å². The average Bonchev–Trinajstić information content (AvgIpc) is 2.94. The lowest BCUT2D eigenvalue weighted by Crippen LogP contribution is -2.26. The summed E-state index contributed by atoms with van der Waals surface area (Å²) in [6, 6.07) is 8.59. The molecule has 0 amide bonds. The molecule has 0 fully saturated rings. The zero-order chi connectivity index (χ0) is 14.7. The SMILES string of the molecule is Cc1ccc2c(c1)OCCCC2NCC(O)c1ccsc1. The summed E-state index contributed by atoms with van der Waals surface area (Å²) in [5, 5.41) is 17.7. The molecule has 1 aliphatic rings. The zero-order valence-electron chi connectivity index (χ0n) is 12.2. The van der Waals surface area contributed by atoms with E-state index in [1.807, 2.05) is 16.8 Å². The number of thiophene rings is 1. The summed E-state index contributed by atoms with van der Waals surface area (Å²) in [5.74, 6) is 0.982. The van der Waals surface area contributed by atoms with Crippen molar-refractivity contribution in [2.45, 2.75) is 31.9 Å². The first-order valence-electron chi connectivity index (χ1n) is 7.41. The molecule has 112 valence electrons. The third-order valence-electron chi connectivity index (χ3n) is 3.92. The van der Waals surface area contributed by atoms with Gasteiger partial charge < -0.3 is 15.2 Å². The first-order chi connectivity index (χ1) is 10.2. The summed E-state index contributed by atoms with van der Waals surface area (Å²) in [6.45, 7) is 3.41. The number of fused-ring (bicyclic) bond motifs is 1. The zero-order valence-corrected chi connectivity index (χ0v) is 13.0. The van der Waals surface area contributed by atoms with Crippen molar-refractivity contribution < 1.29 is 9.84 Å². The highest BCUT2D eigenvalue weighted by atomic mass is 32.1. The molecule has 0 aliphatic carbocycles. The van der Waals surface area contributed by atoms with E-state index < -0.39 is 6.10 Å². The van der Waals surface area contributed by atoms with E-state index in [0.717, 1.165) is 30.8 Å². The molecule has 0 bridgehead atoms. The number of aliphatic hydroxyl groups excluding tert-OH is 1. The Morgan fingerprint density at radius 3 is 3.14 bits per heavy atom. The second-order valence-electron chi connectivity index (χ2n) is 5.57. The number of aryl methyl sites for hydroxylation is 1. The van der Waals surface area contributed by atoms with Crippen LogP contribution in [0.3, 0.4) is 0 Å². The molecule has 2 atom stereocenters. The molecule has 3 rings (SSSR count). The lowest BCUT2D eigenvalue weighted by Gasteiger charge is -2.20. The maximum atomic E-state index is 10.2. The fourth-order valence-electron chi connectivity index (χ4n) is 2.73. The van der Waals surface area contributed by atoms with E-state index >= 15 is 0 Å². The molecule has 1 aliphatic heterocycles. The predicted octanol–water partition coefficient (Wildman–Crippen LogP) is 3.59. The number of hydrogen-bond acceptors (Lipinski definition) is 4. The maximum Gasteiger partial charge on any atom is 0.124 e. The van der Waals surface area contributed by atoms with Crippen LogP contribution in [-0.2, 0) is 0 Å². The Balaban J connectivity index is 1.71. The summed E-state index contributed by atoms with van der Waals surface area (Å²) in [4.78, 5) is 0. The van der Waals surface area contributed by atoms with Gasteiger partial charge in [0.1, 0.15) is 5.75 Å². The summed E-state index contributed by atoms with van der Waals surface area (Å²) >= 11 is 1.62. The molecule has 21 heavy (non-hydrogen) atoms. The highest BCUT2D eigenvalue weighted by Crippen LogP contribution is 2.32. The Hall–Kier alpha value is -1.36. The van der Waals surface area contributed by atoms with Crippen LogP contribution in [0.25, 0.3) is 0 Å². The van der Waals surface area contributed by atoms with Gasteiger partial charge in [0.2, 0.25) is 0 Å². The van der Waals surface area contributed by atoms with Crippen LogP contribution in [0.4, 0.5) is 0 Å². The summed E-state index contributed by atoms with van der Waals surface area (Å²) in [6.07, 6.45) is 1.61. The van der Waals surface area contributed by atoms with E-state index in [0.29, 0.717) is 6.54 Å². The Labute approximate surface area is 129 Å². The predicted molar refractivity (Wildman–Crippen MR) is 85.9 cm³/mol.